The third-order valence-corrected chi connectivity index (χ3v) is 0.915. The summed E-state index contributed by atoms with van der Waals surface area (Å²) < 4.78 is 0. The topological polar surface area (TPSA) is 82.1 Å². The summed E-state index contributed by atoms with van der Waals surface area (Å²) in [6.07, 6.45) is 2.96. The van der Waals surface area contributed by atoms with Gasteiger partial charge in [-0.05, 0) is 19.9 Å². The van der Waals surface area contributed by atoms with E-state index in [0.717, 1.165) is 0 Å². The van der Waals surface area contributed by atoms with E-state index in [9.17, 15) is 5.11 Å². The molecule has 5 N–H and O–H groups in total. The molecule has 0 spiro atoms. The van der Waals surface area contributed by atoms with Gasteiger partial charge in [-0.25, -0.2) is 0 Å². The number of hydrogen-bond acceptors (Lipinski definition) is 3. The Balaban J connectivity index is 3.50. The second kappa shape index (κ2) is 3.98. The van der Waals surface area contributed by atoms with E-state index in [0.29, 0.717) is 6.54 Å². The summed E-state index contributed by atoms with van der Waals surface area (Å²) in [5, 5.41) is 18.8. The van der Waals surface area contributed by atoms with Crippen molar-refractivity contribution >= 4 is 5.84 Å². The maximum atomic E-state index is 9.20. The Kier molecular flexibility index (Phi) is 3.60. The average molecular weight is 157 g/mol. The van der Waals surface area contributed by atoms with Crippen LogP contribution in [0.1, 0.15) is 13.8 Å². The lowest BCUT2D eigenvalue weighted by molar-refractivity contribution is 0.0835. The molecule has 0 aromatic carbocycles. The second-order valence-corrected chi connectivity index (χ2v) is 2.98. The van der Waals surface area contributed by atoms with Crippen LogP contribution >= 0.6 is 0 Å². The minimum Gasteiger partial charge on any atom is -0.389 e. The van der Waals surface area contributed by atoms with E-state index in [1.165, 1.54) is 6.08 Å². The fourth-order valence-electron chi connectivity index (χ4n) is 0.457. The molecule has 11 heavy (non-hydrogen) atoms. The number of rotatable bonds is 4. The zero-order valence-electron chi connectivity index (χ0n) is 6.89. The van der Waals surface area contributed by atoms with E-state index in [-0.39, 0.29) is 5.84 Å². The molecule has 0 aromatic heterocycles. The quantitative estimate of drug-likeness (QED) is 0.337. The Bertz CT molecular complexity index is 158. The van der Waals surface area contributed by atoms with Gasteiger partial charge in [-0.2, -0.15) is 0 Å². The molecule has 0 rings (SSSR count). The molecule has 0 unspecified atom stereocenters. The van der Waals surface area contributed by atoms with Gasteiger partial charge in [0.1, 0.15) is 5.84 Å². The van der Waals surface area contributed by atoms with Gasteiger partial charge in [0.15, 0.2) is 0 Å². The lowest BCUT2D eigenvalue weighted by Crippen LogP contribution is -2.32. The zero-order valence-corrected chi connectivity index (χ0v) is 6.89. The lowest BCUT2D eigenvalue weighted by atomic mass is 10.1. The third kappa shape index (κ3) is 8.97. The molecule has 0 aliphatic heterocycles. The first-order valence-corrected chi connectivity index (χ1v) is 3.38. The van der Waals surface area contributed by atoms with Crippen LogP contribution < -0.4 is 11.1 Å². The zero-order chi connectivity index (χ0) is 8.91. The molecular formula is C7H15N3O. The first-order valence-electron chi connectivity index (χ1n) is 3.38. The van der Waals surface area contributed by atoms with Gasteiger partial charge in [0.25, 0.3) is 0 Å². The first-order chi connectivity index (χ1) is 4.92. The Morgan fingerprint density at radius 1 is 1.73 bits per heavy atom. The number of nitrogens with two attached hydrogens (primary N) is 1. The van der Waals surface area contributed by atoms with Gasteiger partial charge in [0.2, 0.25) is 0 Å². The normalized spacial score (nSPS) is 11.9. The first kappa shape index (κ1) is 9.97. The molecule has 64 valence electrons. The largest absolute Gasteiger partial charge is 0.389 e. The van der Waals surface area contributed by atoms with Crippen molar-refractivity contribution in [2.24, 2.45) is 5.73 Å². The summed E-state index contributed by atoms with van der Waals surface area (Å²) in [6.45, 7) is 3.83. The third-order valence-electron chi connectivity index (χ3n) is 0.915. The van der Waals surface area contributed by atoms with E-state index >= 15 is 0 Å². The predicted octanol–water partition coefficient (Wildman–Crippen LogP) is -0.203. The molecule has 0 radical (unpaired) electrons. The summed E-state index contributed by atoms with van der Waals surface area (Å²) in [5.41, 5.74) is 4.30. The van der Waals surface area contributed by atoms with Crippen LogP contribution in [-0.4, -0.2) is 23.1 Å². The van der Waals surface area contributed by atoms with Crippen molar-refractivity contribution in [1.82, 2.24) is 5.32 Å². The molecule has 0 aliphatic carbocycles. The standard InChI is InChI=1S/C7H15N3O/c1-7(2,11)5-10-4-3-6(8)9/h3-4,10-11H,5H2,1-2H3,(H3,8,9)/b4-3-. The Hall–Kier alpha value is -1.03. The number of amidine groups is 1. The van der Waals surface area contributed by atoms with Crippen LogP contribution in [0.5, 0.6) is 0 Å². The molecule has 4 nitrogen and oxygen atoms in total. The van der Waals surface area contributed by atoms with Crippen molar-refractivity contribution in [3.8, 4) is 0 Å². The molecule has 0 aliphatic rings. The highest BCUT2D eigenvalue weighted by molar-refractivity contribution is 5.88. The summed E-state index contributed by atoms with van der Waals surface area (Å²) in [6, 6.07) is 0. The number of nitrogens with one attached hydrogen (secondary N) is 2. The van der Waals surface area contributed by atoms with E-state index in [1.807, 2.05) is 0 Å². The Morgan fingerprint density at radius 3 is 2.64 bits per heavy atom. The van der Waals surface area contributed by atoms with Gasteiger partial charge in [-0.15, -0.1) is 0 Å². The van der Waals surface area contributed by atoms with Crippen LogP contribution in [0.2, 0.25) is 0 Å². The summed E-state index contributed by atoms with van der Waals surface area (Å²) in [5.74, 6) is -0.00625. The smallest absolute Gasteiger partial charge is 0.116 e. The van der Waals surface area contributed by atoms with E-state index in [4.69, 9.17) is 11.1 Å². The van der Waals surface area contributed by atoms with Crippen molar-refractivity contribution < 1.29 is 5.11 Å². The molecule has 0 atom stereocenters. The highest BCUT2D eigenvalue weighted by atomic mass is 16.3. The van der Waals surface area contributed by atoms with E-state index in [2.05, 4.69) is 5.32 Å². The molecule has 0 saturated carbocycles. The van der Waals surface area contributed by atoms with Crippen molar-refractivity contribution in [2.75, 3.05) is 6.54 Å². The van der Waals surface area contributed by atoms with Gasteiger partial charge in [-0.3, -0.25) is 5.41 Å². The molecule has 0 aromatic rings. The van der Waals surface area contributed by atoms with Crippen LogP contribution in [0, 0.1) is 5.41 Å². The van der Waals surface area contributed by atoms with Crippen LogP contribution in [0.4, 0.5) is 0 Å². The molecule has 0 heterocycles. The van der Waals surface area contributed by atoms with Crippen LogP contribution in [0.3, 0.4) is 0 Å². The average Bonchev–Trinajstić information content (AvgIpc) is 1.78. The SMILES string of the molecule is CC(C)(O)CN/C=C\C(=N)N. The highest BCUT2D eigenvalue weighted by Gasteiger charge is 2.09. The minimum atomic E-state index is -0.735. The minimum absolute atomic E-state index is 0.00625. The maximum absolute atomic E-state index is 9.20. The van der Waals surface area contributed by atoms with E-state index < -0.39 is 5.60 Å². The van der Waals surface area contributed by atoms with Gasteiger partial charge in [-0.1, -0.05) is 0 Å². The molecule has 0 fully saturated rings. The molecule has 0 amide bonds. The van der Waals surface area contributed by atoms with Crippen LogP contribution in [0.15, 0.2) is 12.3 Å². The van der Waals surface area contributed by atoms with Gasteiger partial charge < -0.3 is 16.2 Å². The van der Waals surface area contributed by atoms with Crippen molar-refractivity contribution in [3.63, 3.8) is 0 Å². The number of hydrogen-bond donors (Lipinski definition) is 4. The maximum Gasteiger partial charge on any atom is 0.116 e. The molecule has 0 saturated heterocycles. The molecule has 0 bridgehead atoms. The fraction of sp³-hybridized carbons (Fsp3) is 0.571. The summed E-state index contributed by atoms with van der Waals surface area (Å²) in [7, 11) is 0. The monoisotopic (exact) mass is 157 g/mol. The van der Waals surface area contributed by atoms with Gasteiger partial charge in [0.05, 0.1) is 5.60 Å². The summed E-state index contributed by atoms with van der Waals surface area (Å²) in [4.78, 5) is 0. The lowest BCUT2D eigenvalue weighted by Gasteiger charge is -2.16. The predicted molar refractivity (Wildman–Crippen MR) is 45.4 cm³/mol. The molecular weight excluding hydrogens is 142 g/mol. The Labute approximate surface area is 66.6 Å². The van der Waals surface area contributed by atoms with Crippen molar-refractivity contribution in [3.05, 3.63) is 12.3 Å². The van der Waals surface area contributed by atoms with E-state index in [1.54, 1.807) is 20.0 Å². The van der Waals surface area contributed by atoms with Crippen LogP contribution in [0.25, 0.3) is 0 Å². The highest BCUT2D eigenvalue weighted by Crippen LogP contribution is 1.96. The number of aliphatic hydroxyl groups is 1. The summed E-state index contributed by atoms with van der Waals surface area (Å²) >= 11 is 0. The van der Waals surface area contributed by atoms with Crippen LogP contribution in [-0.2, 0) is 0 Å². The second-order valence-electron chi connectivity index (χ2n) is 2.98. The Morgan fingerprint density at radius 2 is 2.27 bits per heavy atom. The van der Waals surface area contributed by atoms with Gasteiger partial charge >= 0.3 is 0 Å². The van der Waals surface area contributed by atoms with Crippen molar-refractivity contribution in [2.45, 2.75) is 19.4 Å². The molecule has 4 heteroatoms. The fourth-order valence-corrected chi connectivity index (χ4v) is 0.457. The van der Waals surface area contributed by atoms with Crippen molar-refractivity contribution in [1.29, 1.82) is 5.41 Å². The van der Waals surface area contributed by atoms with Gasteiger partial charge in [0, 0.05) is 12.7 Å².